The molecular formula is C21H24N2O. The Morgan fingerprint density at radius 3 is 2.79 bits per heavy atom. The molecular weight excluding hydrogens is 296 g/mol. The minimum absolute atomic E-state index is 0.185. The molecule has 1 saturated heterocycles. The molecule has 3 nitrogen and oxygen atoms in total. The van der Waals surface area contributed by atoms with Crippen LogP contribution in [0.5, 0.6) is 0 Å². The Morgan fingerprint density at radius 1 is 1.12 bits per heavy atom. The average Bonchev–Trinajstić information content (AvgIpc) is 2.60. The van der Waals surface area contributed by atoms with Crippen molar-refractivity contribution in [1.29, 1.82) is 0 Å². The lowest BCUT2D eigenvalue weighted by molar-refractivity contribution is 0.152. The van der Waals surface area contributed by atoms with E-state index in [1.807, 2.05) is 25.1 Å². The van der Waals surface area contributed by atoms with E-state index in [0.29, 0.717) is 6.04 Å². The van der Waals surface area contributed by atoms with Gasteiger partial charge in [-0.3, -0.25) is 9.69 Å². The number of rotatable bonds is 2. The van der Waals surface area contributed by atoms with Crippen molar-refractivity contribution in [2.45, 2.75) is 45.7 Å². The molecule has 0 spiro atoms. The van der Waals surface area contributed by atoms with Gasteiger partial charge in [-0.2, -0.15) is 0 Å². The van der Waals surface area contributed by atoms with Crippen molar-refractivity contribution in [3.8, 4) is 0 Å². The van der Waals surface area contributed by atoms with Crippen LogP contribution in [0.1, 0.15) is 37.4 Å². The zero-order chi connectivity index (χ0) is 16.7. The normalized spacial score (nSPS) is 19.2. The van der Waals surface area contributed by atoms with Gasteiger partial charge in [0.1, 0.15) is 0 Å². The molecule has 1 atom stereocenters. The van der Waals surface area contributed by atoms with Crippen molar-refractivity contribution in [2.75, 3.05) is 6.54 Å². The average molecular weight is 320 g/mol. The molecule has 3 aromatic rings. The number of aromatic amines is 1. The Balaban J connectivity index is 1.85. The lowest BCUT2D eigenvalue weighted by Gasteiger charge is -2.33. The fraction of sp³-hybridized carbons (Fsp3) is 0.381. The quantitative estimate of drug-likeness (QED) is 0.712. The Labute approximate surface area is 142 Å². The molecule has 1 fully saturated rings. The van der Waals surface area contributed by atoms with Crippen LogP contribution in [-0.2, 0) is 6.54 Å². The number of aromatic nitrogens is 1. The first-order valence-corrected chi connectivity index (χ1v) is 8.92. The van der Waals surface area contributed by atoms with E-state index in [0.717, 1.165) is 46.0 Å². The van der Waals surface area contributed by atoms with Crippen molar-refractivity contribution in [3.63, 3.8) is 0 Å². The molecule has 0 aliphatic carbocycles. The summed E-state index contributed by atoms with van der Waals surface area (Å²) in [5.41, 5.74) is 3.07. The second kappa shape index (κ2) is 6.06. The molecule has 0 radical (unpaired) electrons. The Morgan fingerprint density at radius 2 is 1.96 bits per heavy atom. The fourth-order valence-corrected chi connectivity index (χ4v) is 3.98. The summed E-state index contributed by atoms with van der Waals surface area (Å²) in [6, 6.07) is 12.8. The third kappa shape index (κ3) is 2.53. The van der Waals surface area contributed by atoms with Crippen LogP contribution in [-0.4, -0.2) is 22.5 Å². The van der Waals surface area contributed by atoms with Gasteiger partial charge in [0, 0.05) is 34.6 Å². The van der Waals surface area contributed by atoms with Crippen LogP contribution >= 0.6 is 0 Å². The fourth-order valence-electron chi connectivity index (χ4n) is 3.98. The number of hydrogen-bond donors (Lipinski definition) is 1. The lowest BCUT2D eigenvalue weighted by atomic mass is 10.00. The Hall–Kier alpha value is -2.13. The zero-order valence-electron chi connectivity index (χ0n) is 14.4. The molecule has 3 heteroatoms. The van der Waals surface area contributed by atoms with Crippen molar-refractivity contribution in [3.05, 3.63) is 57.9 Å². The van der Waals surface area contributed by atoms with Crippen LogP contribution in [0, 0.1) is 6.92 Å². The molecule has 1 aromatic heterocycles. The van der Waals surface area contributed by atoms with Gasteiger partial charge in [0.2, 0.25) is 0 Å². The zero-order valence-corrected chi connectivity index (χ0v) is 14.4. The molecule has 2 aromatic carbocycles. The van der Waals surface area contributed by atoms with Gasteiger partial charge < -0.3 is 4.98 Å². The van der Waals surface area contributed by atoms with Crippen LogP contribution in [0.2, 0.25) is 0 Å². The summed E-state index contributed by atoms with van der Waals surface area (Å²) >= 11 is 0. The van der Waals surface area contributed by atoms with Crippen molar-refractivity contribution in [2.24, 2.45) is 0 Å². The summed E-state index contributed by atoms with van der Waals surface area (Å²) in [5.74, 6) is 0. The van der Waals surface area contributed by atoms with Crippen LogP contribution in [0.15, 0.2) is 41.2 Å². The van der Waals surface area contributed by atoms with Crippen molar-refractivity contribution < 1.29 is 0 Å². The van der Waals surface area contributed by atoms with Gasteiger partial charge in [0.25, 0.3) is 0 Å². The maximum atomic E-state index is 13.1. The van der Waals surface area contributed by atoms with Crippen LogP contribution in [0.4, 0.5) is 0 Å². The third-order valence-electron chi connectivity index (χ3n) is 5.51. The molecule has 4 rings (SSSR count). The van der Waals surface area contributed by atoms with E-state index in [4.69, 9.17) is 0 Å². The highest BCUT2D eigenvalue weighted by molar-refractivity contribution is 6.05. The van der Waals surface area contributed by atoms with E-state index in [1.54, 1.807) is 0 Å². The first-order valence-electron chi connectivity index (χ1n) is 8.92. The molecule has 0 saturated carbocycles. The van der Waals surface area contributed by atoms with Crippen molar-refractivity contribution >= 4 is 21.7 Å². The van der Waals surface area contributed by atoms with Crippen molar-refractivity contribution in [1.82, 2.24) is 9.88 Å². The SMILES string of the molecule is Cc1[nH]c2c(ccc3ccccc32)c(=O)c1CN1CCCC[C@@H]1C. The van der Waals surface area contributed by atoms with E-state index in [2.05, 4.69) is 35.0 Å². The Bertz CT molecular complexity index is 957. The summed E-state index contributed by atoms with van der Waals surface area (Å²) in [5, 5.41) is 3.09. The van der Waals surface area contributed by atoms with Gasteiger partial charge in [-0.1, -0.05) is 36.8 Å². The molecule has 1 aliphatic heterocycles. The van der Waals surface area contributed by atoms with Crippen LogP contribution in [0.25, 0.3) is 21.7 Å². The number of aryl methyl sites for hydroxylation is 1. The van der Waals surface area contributed by atoms with E-state index in [9.17, 15) is 4.79 Å². The topological polar surface area (TPSA) is 36.1 Å². The van der Waals surface area contributed by atoms with Gasteiger partial charge in [0.15, 0.2) is 5.43 Å². The van der Waals surface area contributed by atoms with Crippen LogP contribution in [0.3, 0.4) is 0 Å². The van der Waals surface area contributed by atoms with Gasteiger partial charge in [-0.05, 0) is 44.7 Å². The number of hydrogen-bond acceptors (Lipinski definition) is 2. The summed E-state index contributed by atoms with van der Waals surface area (Å²) in [6.07, 6.45) is 3.77. The van der Waals surface area contributed by atoms with E-state index < -0.39 is 0 Å². The van der Waals surface area contributed by atoms with Gasteiger partial charge >= 0.3 is 0 Å². The molecule has 124 valence electrons. The van der Waals surface area contributed by atoms with Gasteiger partial charge in [-0.25, -0.2) is 0 Å². The predicted molar refractivity (Wildman–Crippen MR) is 101 cm³/mol. The maximum Gasteiger partial charge on any atom is 0.194 e. The molecule has 2 heterocycles. The minimum Gasteiger partial charge on any atom is -0.358 e. The molecule has 0 amide bonds. The lowest BCUT2D eigenvalue weighted by Crippen LogP contribution is -2.38. The molecule has 1 N–H and O–H groups in total. The number of nitrogens with one attached hydrogen (secondary N) is 1. The summed E-state index contributed by atoms with van der Waals surface area (Å²) in [7, 11) is 0. The predicted octanol–water partition coefficient (Wildman–Crippen LogP) is 4.36. The number of likely N-dealkylation sites (tertiary alicyclic amines) is 1. The highest BCUT2D eigenvalue weighted by atomic mass is 16.1. The minimum atomic E-state index is 0.185. The number of pyridine rings is 1. The summed E-state index contributed by atoms with van der Waals surface area (Å²) < 4.78 is 0. The number of fused-ring (bicyclic) bond motifs is 3. The highest BCUT2D eigenvalue weighted by Crippen LogP contribution is 2.24. The maximum absolute atomic E-state index is 13.1. The number of H-pyrrole nitrogens is 1. The van der Waals surface area contributed by atoms with Gasteiger partial charge in [0.05, 0.1) is 5.52 Å². The second-order valence-corrected chi connectivity index (χ2v) is 7.08. The first-order chi connectivity index (χ1) is 11.6. The third-order valence-corrected chi connectivity index (χ3v) is 5.51. The largest absolute Gasteiger partial charge is 0.358 e. The van der Waals surface area contributed by atoms with E-state index >= 15 is 0 Å². The standard InChI is InChI=1S/C21H24N2O/c1-14-7-5-6-12-23(14)13-19-15(2)22-20-17-9-4-3-8-16(17)10-11-18(20)21(19)24/h3-4,8-11,14H,5-7,12-13H2,1-2H3,(H,22,24)/t14-/m0/s1. The smallest absolute Gasteiger partial charge is 0.194 e. The number of piperidine rings is 1. The Kier molecular flexibility index (Phi) is 3.89. The van der Waals surface area contributed by atoms with Crippen LogP contribution < -0.4 is 5.43 Å². The van der Waals surface area contributed by atoms with Gasteiger partial charge in [-0.15, -0.1) is 0 Å². The molecule has 24 heavy (non-hydrogen) atoms. The number of benzene rings is 2. The number of nitrogens with zero attached hydrogens (tertiary/aromatic N) is 1. The highest BCUT2D eigenvalue weighted by Gasteiger charge is 2.21. The molecule has 0 unspecified atom stereocenters. The monoisotopic (exact) mass is 320 g/mol. The van der Waals surface area contributed by atoms with E-state index in [1.165, 1.54) is 19.3 Å². The second-order valence-electron chi connectivity index (χ2n) is 7.08. The molecule has 0 bridgehead atoms. The first kappa shape index (κ1) is 15.4. The summed E-state index contributed by atoms with van der Waals surface area (Å²) in [6.45, 7) is 6.16. The molecule has 1 aliphatic rings. The summed E-state index contributed by atoms with van der Waals surface area (Å²) in [4.78, 5) is 19.1. The van der Waals surface area contributed by atoms with E-state index in [-0.39, 0.29) is 5.43 Å².